The third-order valence-electron chi connectivity index (χ3n) is 7.65. The average molecular weight is 378 g/mol. The molecule has 2 saturated carbocycles. The average Bonchev–Trinajstić information content (AvgIpc) is 2.62. The van der Waals surface area contributed by atoms with E-state index in [9.17, 15) is 4.79 Å². The van der Waals surface area contributed by atoms with E-state index in [4.69, 9.17) is 0 Å². The van der Waals surface area contributed by atoms with Crippen LogP contribution in [0.4, 0.5) is 0 Å². The Bertz CT molecular complexity index is 475. The Hall–Kier alpha value is -0.410. The van der Waals surface area contributed by atoms with Gasteiger partial charge in [-0.1, -0.05) is 65.7 Å². The SMILES string of the molecule is CCCCCCCCCNC1C2CCCCC2[NH2+]C2CC(C)(C)CC(=O)C21. The first-order valence-corrected chi connectivity index (χ1v) is 12.1. The van der Waals surface area contributed by atoms with Gasteiger partial charge in [-0.15, -0.1) is 0 Å². The molecule has 1 aliphatic heterocycles. The van der Waals surface area contributed by atoms with Crippen molar-refractivity contribution >= 4 is 5.78 Å². The zero-order valence-electron chi connectivity index (χ0n) is 18.3. The molecule has 0 aromatic rings. The fourth-order valence-corrected chi connectivity index (χ4v) is 6.41. The van der Waals surface area contributed by atoms with Crippen LogP contribution in [0, 0.1) is 17.3 Å². The van der Waals surface area contributed by atoms with Crippen LogP contribution in [-0.2, 0) is 4.79 Å². The number of unbranched alkanes of at least 4 members (excludes halogenated alkanes) is 6. The summed E-state index contributed by atoms with van der Waals surface area (Å²) in [5.74, 6) is 1.53. The lowest BCUT2D eigenvalue weighted by Gasteiger charge is -2.51. The summed E-state index contributed by atoms with van der Waals surface area (Å²) in [6.45, 7) is 7.98. The first kappa shape index (κ1) is 21.3. The molecule has 1 heterocycles. The maximum Gasteiger partial charge on any atom is 0.144 e. The Kier molecular flexibility index (Phi) is 7.79. The Morgan fingerprint density at radius 2 is 1.70 bits per heavy atom. The molecular formula is C24H45N2O+. The highest BCUT2D eigenvalue weighted by Crippen LogP contribution is 2.41. The van der Waals surface area contributed by atoms with Gasteiger partial charge in [0.2, 0.25) is 0 Å². The minimum Gasteiger partial charge on any atom is -0.340 e. The van der Waals surface area contributed by atoms with Gasteiger partial charge in [0.05, 0.1) is 18.0 Å². The van der Waals surface area contributed by atoms with Gasteiger partial charge in [0.25, 0.3) is 0 Å². The molecule has 156 valence electrons. The summed E-state index contributed by atoms with van der Waals surface area (Å²) in [4.78, 5) is 13.1. The molecule has 3 aliphatic rings. The fourth-order valence-electron chi connectivity index (χ4n) is 6.41. The number of carbonyl (C=O) groups excluding carboxylic acids is 1. The molecule has 3 fully saturated rings. The molecule has 2 aliphatic carbocycles. The van der Waals surface area contributed by atoms with Gasteiger partial charge in [-0.2, -0.15) is 0 Å². The van der Waals surface area contributed by atoms with Crippen molar-refractivity contribution in [1.29, 1.82) is 0 Å². The number of piperidine rings is 1. The Balaban J connectivity index is 1.54. The lowest BCUT2D eigenvalue weighted by molar-refractivity contribution is -0.747. The second-order valence-electron chi connectivity index (χ2n) is 10.6. The van der Waals surface area contributed by atoms with E-state index < -0.39 is 0 Å². The topological polar surface area (TPSA) is 45.7 Å². The van der Waals surface area contributed by atoms with E-state index in [-0.39, 0.29) is 11.3 Å². The van der Waals surface area contributed by atoms with Crippen molar-refractivity contribution in [1.82, 2.24) is 5.32 Å². The van der Waals surface area contributed by atoms with Crippen molar-refractivity contribution in [3.05, 3.63) is 0 Å². The molecule has 0 bridgehead atoms. The van der Waals surface area contributed by atoms with Crippen LogP contribution < -0.4 is 10.6 Å². The number of Topliss-reactive ketones (excluding diaryl/α,β-unsaturated/α-hetero) is 1. The van der Waals surface area contributed by atoms with E-state index in [1.54, 1.807) is 0 Å². The summed E-state index contributed by atoms with van der Waals surface area (Å²) in [6, 6.07) is 1.73. The van der Waals surface area contributed by atoms with E-state index in [0.717, 1.165) is 24.9 Å². The van der Waals surface area contributed by atoms with Gasteiger partial charge in [0.15, 0.2) is 0 Å². The summed E-state index contributed by atoms with van der Waals surface area (Å²) in [5, 5.41) is 6.58. The second kappa shape index (κ2) is 9.87. The lowest BCUT2D eigenvalue weighted by atomic mass is 9.61. The van der Waals surface area contributed by atoms with Crippen molar-refractivity contribution in [2.45, 2.75) is 122 Å². The Labute approximate surface area is 167 Å². The van der Waals surface area contributed by atoms with Crippen LogP contribution in [0.1, 0.15) is 104 Å². The van der Waals surface area contributed by atoms with Crippen LogP contribution in [0.2, 0.25) is 0 Å². The van der Waals surface area contributed by atoms with Crippen molar-refractivity contribution in [3.8, 4) is 0 Å². The largest absolute Gasteiger partial charge is 0.340 e. The fraction of sp³-hybridized carbons (Fsp3) is 0.958. The number of fused-ring (bicyclic) bond motifs is 2. The lowest BCUT2D eigenvalue weighted by Crippen LogP contribution is -3.02. The van der Waals surface area contributed by atoms with Gasteiger partial charge < -0.3 is 10.6 Å². The third-order valence-corrected chi connectivity index (χ3v) is 7.65. The maximum atomic E-state index is 13.1. The molecule has 3 rings (SSSR count). The molecule has 0 radical (unpaired) electrons. The number of hydrogen-bond acceptors (Lipinski definition) is 2. The summed E-state index contributed by atoms with van der Waals surface area (Å²) < 4.78 is 0. The van der Waals surface area contributed by atoms with E-state index in [0.29, 0.717) is 17.9 Å². The number of carbonyl (C=O) groups is 1. The molecule has 0 amide bonds. The van der Waals surface area contributed by atoms with Gasteiger partial charge in [-0.05, 0) is 37.6 Å². The second-order valence-corrected chi connectivity index (χ2v) is 10.6. The molecule has 1 saturated heterocycles. The quantitative estimate of drug-likeness (QED) is 0.591. The number of hydrogen-bond donors (Lipinski definition) is 2. The zero-order valence-corrected chi connectivity index (χ0v) is 18.3. The van der Waals surface area contributed by atoms with Gasteiger partial charge in [-0.25, -0.2) is 0 Å². The molecule has 3 nitrogen and oxygen atoms in total. The molecule has 27 heavy (non-hydrogen) atoms. The number of nitrogens with one attached hydrogen (secondary N) is 1. The Morgan fingerprint density at radius 3 is 2.48 bits per heavy atom. The number of rotatable bonds is 9. The summed E-state index contributed by atoms with van der Waals surface area (Å²) >= 11 is 0. The minimum absolute atomic E-state index is 0.194. The van der Waals surface area contributed by atoms with Gasteiger partial charge in [-0.3, -0.25) is 4.79 Å². The molecular weight excluding hydrogens is 332 g/mol. The molecule has 0 aromatic heterocycles. The Morgan fingerprint density at radius 1 is 1.00 bits per heavy atom. The van der Waals surface area contributed by atoms with Crippen LogP contribution >= 0.6 is 0 Å². The van der Waals surface area contributed by atoms with Crippen LogP contribution in [-0.4, -0.2) is 30.5 Å². The van der Waals surface area contributed by atoms with Crippen LogP contribution in [0.5, 0.6) is 0 Å². The highest BCUT2D eigenvalue weighted by Gasteiger charge is 2.54. The molecule has 3 N–H and O–H groups in total. The monoisotopic (exact) mass is 377 g/mol. The number of nitrogens with two attached hydrogens (primary N) is 1. The van der Waals surface area contributed by atoms with Gasteiger partial charge >= 0.3 is 0 Å². The summed E-state index contributed by atoms with van der Waals surface area (Å²) in [6.07, 6.45) is 17.0. The van der Waals surface area contributed by atoms with Crippen LogP contribution in [0.25, 0.3) is 0 Å². The highest BCUT2D eigenvalue weighted by atomic mass is 16.1. The van der Waals surface area contributed by atoms with Crippen molar-refractivity contribution < 1.29 is 10.1 Å². The smallest absolute Gasteiger partial charge is 0.144 e. The van der Waals surface area contributed by atoms with Crippen LogP contribution in [0.15, 0.2) is 0 Å². The third kappa shape index (κ3) is 5.56. The molecule has 5 unspecified atom stereocenters. The van der Waals surface area contributed by atoms with Crippen molar-refractivity contribution in [3.63, 3.8) is 0 Å². The maximum absolute atomic E-state index is 13.1. The van der Waals surface area contributed by atoms with Gasteiger partial charge in [0.1, 0.15) is 5.78 Å². The highest BCUT2D eigenvalue weighted by molar-refractivity contribution is 5.84. The van der Waals surface area contributed by atoms with Crippen molar-refractivity contribution in [2.75, 3.05) is 6.54 Å². The van der Waals surface area contributed by atoms with E-state index in [2.05, 4.69) is 31.4 Å². The predicted octanol–water partition coefficient (Wildman–Crippen LogP) is 4.20. The molecule has 3 heteroatoms. The first-order valence-electron chi connectivity index (χ1n) is 12.1. The number of quaternary nitrogens is 1. The predicted molar refractivity (Wildman–Crippen MR) is 113 cm³/mol. The zero-order chi connectivity index (χ0) is 19.3. The minimum atomic E-state index is 0.194. The standard InChI is InChI=1S/C24H44N2O/c1-4-5-6-7-8-9-12-15-25-23-18-13-10-11-14-19(18)26-20-16-24(2,3)17-21(27)22(20)23/h18-20,22-23,25-26H,4-17H2,1-3H3/p+1. The van der Waals surface area contributed by atoms with Gasteiger partial charge in [0, 0.05) is 24.8 Å². The molecule has 0 spiro atoms. The van der Waals surface area contributed by atoms with E-state index in [1.807, 2.05) is 0 Å². The van der Waals surface area contributed by atoms with E-state index >= 15 is 0 Å². The van der Waals surface area contributed by atoms with Crippen molar-refractivity contribution in [2.24, 2.45) is 17.3 Å². The summed E-state index contributed by atoms with van der Waals surface area (Å²) in [7, 11) is 0. The summed E-state index contributed by atoms with van der Waals surface area (Å²) in [5.41, 5.74) is 0.194. The normalized spacial score (nSPS) is 35.5. The molecule has 5 atom stereocenters. The van der Waals surface area contributed by atoms with E-state index in [1.165, 1.54) is 77.0 Å². The molecule has 0 aromatic carbocycles. The van der Waals surface area contributed by atoms with Crippen LogP contribution in [0.3, 0.4) is 0 Å². The first-order chi connectivity index (χ1) is 13.0. The number of ketones is 1.